The van der Waals surface area contributed by atoms with Crippen molar-refractivity contribution in [1.82, 2.24) is 0 Å². The number of hydrogen-bond acceptors (Lipinski definition) is 2. The van der Waals surface area contributed by atoms with Crippen LogP contribution in [0.2, 0.25) is 0 Å². The number of hydrogen-bond donors (Lipinski definition) is 0. The van der Waals surface area contributed by atoms with E-state index in [1.165, 1.54) is 57.8 Å². The SMILES string of the molecule is C1CCC(CC2CCC34OC3(C2)O4)CC1. The van der Waals surface area contributed by atoms with Crippen molar-refractivity contribution in [3.05, 3.63) is 0 Å². The Morgan fingerprint density at radius 2 is 1.67 bits per heavy atom. The summed E-state index contributed by atoms with van der Waals surface area (Å²) in [7, 11) is 0. The smallest absolute Gasteiger partial charge is 0.229 e. The Labute approximate surface area is 91.3 Å². The minimum absolute atomic E-state index is 0.0317. The van der Waals surface area contributed by atoms with Crippen LogP contribution in [0.4, 0.5) is 0 Å². The fourth-order valence-corrected chi connectivity index (χ4v) is 3.99. The molecule has 0 N–H and O–H groups in total. The van der Waals surface area contributed by atoms with Gasteiger partial charge in [0.2, 0.25) is 11.6 Å². The molecule has 2 aliphatic carbocycles. The third-order valence-corrected chi connectivity index (χ3v) is 4.99. The van der Waals surface area contributed by atoms with E-state index in [4.69, 9.17) is 9.47 Å². The van der Waals surface area contributed by atoms with Gasteiger partial charge in [-0.3, -0.25) is 0 Å². The van der Waals surface area contributed by atoms with Gasteiger partial charge in [-0.15, -0.1) is 0 Å². The summed E-state index contributed by atoms with van der Waals surface area (Å²) in [5.74, 6) is 1.84. The van der Waals surface area contributed by atoms with Crippen molar-refractivity contribution < 1.29 is 9.47 Å². The lowest BCUT2D eigenvalue weighted by atomic mass is 9.78. The lowest BCUT2D eigenvalue weighted by Crippen LogP contribution is -2.18. The van der Waals surface area contributed by atoms with E-state index in [1.54, 1.807) is 0 Å². The van der Waals surface area contributed by atoms with E-state index in [-0.39, 0.29) is 11.6 Å². The zero-order chi connectivity index (χ0) is 9.93. The minimum atomic E-state index is -0.0371. The largest absolute Gasteiger partial charge is 0.307 e. The van der Waals surface area contributed by atoms with Crippen LogP contribution in [-0.2, 0) is 9.47 Å². The number of ether oxygens (including phenoxy) is 2. The molecule has 1 unspecified atom stereocenters. The van der Waals surface area contributed by atoms with E-state index >= 15 is 0 Å². The Hall–Kier alpha value is -0.0800. The van der Waals surface area contributed by atoms with Crippen LogP contribution >= 0.6 is 0 Å². The summed E-state index contributed by atoms with van der Waals surface area (Å²) in [4.78, 5) is 0. The highest BCUT2D eigenvalue weighted by Crippen LogP contribution is 2.75. The van der Waals surface area contributed by atoms with Crippen molar-refractivity contribution in [3.63, 3.8) is 0 Å². The first-order chi connectivity index (χ1) is 7.32. The van der Waals surface area contributed by atoms with Gasteiger partial charge in [0.1, 0.15) is 0 Å². The lowest BCUT2D eigenvalue weighted by Gasteiger charge is -2.26. The molecule has 0 amide bonds. The Balaban J connectivity index is 1.34. The fourth-order valence-electron chi connectivity index (χ4n) is 3.99. The molecular formula is C13H20O2. The van der Waals surface area contributed by atoms with Gasteiger partial charge in [-0.05, 0) is 24.7 Å². The van der Waals surface area contributed by atoms with Gasteiger partial charge in [-0.25, -0.2) is 0 Å². The van der Waals surface area contributed by atoms with Crippen LogP contribution < -0.4 is 0 Å². The van der Waals surface area contributed by atoms with E-state index in [9.17, 15) is 0 Å². The van der Waals surface area contributed by atoms with Gasteiger partial charge in [0.05, 0.1) is 0 Å². The van der Waals surface area contributed by atoms with Gasteiger partial charge in [-0.2, -0.15) is 0 Å². The molecule has 2 heteroatoms. The van der Waals surface area contributed by atoms with Gasteiger partial charge in [-0.1, -0.05) is 32.1 Å². The molecule has 4 fully saturated rings. The molecule has 1 atom stereocenters. The second-order valence-electron chi connectivity index (χ2n) is 6.06. The molecule has 15 heavy (non-hydrogen) atoms. The van der Waals surface area contributed by atoms with Crippen molar-refractivity contribution in [2.75, 3.05) is 0 Å². The first-order valence-corrected chi connectivity index (χ1v) is 6.72. The van der Waals surface area contributed by atoms with Gasteiger partial charge >= 0.3 is 0 Å². The van der Waals surface area contributed by atoms with Crippen LogP contribution in [0.1, 0.15) is 57.8 Å². The number of rotatable bonds is 2. The molecule has 2 saturated heterocycles. The molecular weight excluding hydrogens is 188 g/mol. The second-order valence-corrected chi connectivity index (χ2v) is 6.06. The molecule has 2 aliphatic heterocycles. The Kier molecular flexibility index (Phi) is 1.67. The van der Waals surface area contributed by atoms with Gasteiger partial charge in [0.25, 0.3) is 0 Å². The molecule has 2 heterocycles. The zero-order valence-electron chi connectivity index (χ0n) is 9.34. The predicted octanol–water partition coefficient (Wildman–Crippen LogP) is 3.21. The molecule has 0 bridgehead atoms. The van der Waals surface area contributed by atoms with Crippen molar-refractivity contribution in [2.45, 2.75) is 69.4 Å². The second kappa shape index (κ2) is 2.78. The third kappa shape index (κ3) is 1.24. The molecule has 0 spiro atoms. The summed E-state index contributed by atoms with van der Waals surface area (Å²) in [6.45, 7) is 0. The summed E-state index contributed by atoms with van der Waals surface area (Å²) in [6, 6.07) is 0. The van der Waals surface area contributed by atoms with E-state index < -0.39 is 0 Å². The molecule has 0 aromatic heterocycles. The summed E-state index contributed by atoms with van der Waals surface area (Å²) >= 11 is 0. The molecule has 0 aromatic rings. The quantitative estimate of drug-likeness (QED) is 0.651. The van der Waals surface area contributed by atoms with Crippen LogP contribution in [0.3, 0.4) is 0 Å². The predicted molar refractivity (Wildman–Crippen MR) is 56.2 cm³/mol. The maximum absolute atomic E-state index is 5.64. The molecule has 2 saturated carbocycles. The van der Waals surface area contributed by atoms with Crippen molar-refractivity contribution >= 4 is 0 Å². The third-order valence-electron chi connectivity index (χ3n) is 4.99. The van der Waals surface area contributed by atoms with E-state index in [0.29, 0.717) is 0 Å². The van der Waals surface area contributed by atoms with E-state index in [2.05, 4.69) is 0 Å². The Morgan fingerprint density at radius 3 is 2.40 bits per heavy atom. The first kappa shape index (κ1) is 9.00. The summed E-state index contributed by atoms with van der Waals surface area (Å²) in [5.41, 5.74) is 0. The van der Waals surface area contributed by atoms with Gasteiger partial charge < -0.3 is 9.47 Å². The molecule has 4 rings (SSSR count). The topological polar surface area (TPSA) is 25.1 Å². The number of epoxide rings is 2. The van der Waals surface area contributed by atoms with Crippen LogP contribution in [0.15, 0.2) is 0 Å². The summed E-state index contributed by atoms with van der Waals surface area (Å²) in [5, 5.41) is 0. The molecule has 4 aliphatic rings. The highest BCUT2D eigenvalue weighted by molar-refractivity contribution is 5.20. The Bertz CT molecular complexity index is 274. The summed E-state index contributed by atoms with van der Waals surface area (Å²) in [6.07, 6.45) is 12.5. The highest BCUT2D eigenvalue weighted by Gasteiger charge is 2.91. The first-order valence-electron chi connectivity index (χ1n) is 6.72. The maximum Gasteiger partial charge on any atom is 0.229 e. The van der Waals surface area contributed by atoms with E-state index in [0.717, 1.165) is 11.8 Å². The van der Waals surface area contributed by atoms with Crippen LogP contribution in [0.5, 0.6) is 0 Å². The monoisotopic (exact) mass is 208 g/mol. The average molecular weight is 208 g/mol. The van der Waals surface area contributed by atoms with Crippen molar-refractivity contribution in [3.8, 4) is 0 Å². The molecule has 0 aromatic carbocycles. The maximum atomic E-state index is 5.64. The van der Waals surface area contributed by atoms with Crippen molar-refractivity contribution in [1.29, 1.82) is 0 Å². The molecule has 2 nitrogen and oxygen atoms in total. The van der Waals surface area contributed by atoms with Crippen LogP contribution in [0.25, 0.3) is 0 Å². The average Bonchev–Trinajstić information content (AvgIpc) is 3.04. The van der Waals surface area contributed by atoms with Gasteiger partial charge in [0.15, 0.2) is 0 Å². The highest BCUT2D eigenvalue weighted by atomic mass is 17.0. The summed E-state index contributed by atoms with van der Waals surface area (Å²) < 4.78 is 11.3. The van der Waals surface area contributed by atoms with E-state index in [1.807, 2.05) is 0 Å². The lowest BCUT2D eigenvalue weighted by molar-refractivity contribution is -0.0941. The minimum Gasteiger partial charge on any atom is -0.307 e. The van der Waals surface area contributed by atoms with Crippen LogP contribution in [-0.4, -0.2) is 11.6 Å². The normalized spacial score (nSPS) is 53.2. The Morgan fingerprint density at radius 1 is 0.867 bits per heavy atom. The molecule has 0 radical (unpaired) electrons. The fraction of sp³-hybridized carbons (Fsp3) is 1.00. The van der Waals surface area contributed by atoms with Crippen LogP contribution in [0, 0.1) is 11.8 Å². The van der Waals surface area contributed by atoms with Gasteiger partial charge in [0, 0.05) is 12.8 Å². The standard InChI is InChI=1S/C13H20O2/c1-2-4-10(5-3-1)8-11-6-7-12-13(9-11,14-12)15-12/h10-11H,1-9H2. The zero-order valence-corrected chi connectivity index (χ0v) is 9.34. The molecule has 84 valence electrons. The van der Waals surface area contributed by atoms with Crippen molar-refractivity contribution in [2.24, 2.45) is 11.8 Å².